The lowest BCUT2D eigenvalue weighted by atomic mass is 10.0. The first-order valence-electron chi connectivity index (χ1n) is 8.20. The minimum atomic E-state index is -0.359. The third-order valence-corrected chi connectivity index (χ3v) is 4.39. The van der Waals surface area contributed by atoms with Crippen molar-refractivity contribution in [1.29, 1.82) is 0 Å². The summed E-state index contributed by atoms with van der Waals surface area (Å²) in [7, 11) is 1.36. The quantitative estimate of drug-likeness (QED) is 0.861. The van der Waals surface area contributed by atoms with Crippen LogP contribution in [-0.2, 0) is 35.3 Å². The first kappa shape index (κ1) is 16.2. The molecule has 1 aliphatic carbocycles. The first-order chi connectivity index (χ1) is 11.7. The molecule has 2 aromatic rings. The van der Waals surface area contributed by atoms with E-state index >= 15 is 0 Å². The summed E-state index contributed by atoms with van der Waals surface area (Å²) in [5.74, 6) is -0.354. The molecule has 0 saturated heterocycles. The maximum atomic E-state index is 12.1. The molecule has 0 bridgehead atoms. The molecule has 4 nitrogen and oxygen atoms in total. The molecule has 0 saturated carbocycles. The Balaban J connectivity index is 1.53. The minimum absolute atomic E-state index is 0.00462. The molecule has 0 atom stereocenters. The van der Waals surface area contributed by atoms with Gasteiger partial charge in [0, 0.05) is 6.54 Å². The van der Waals surface area contributed by atoms with Crippen molar-refractivity contribution in [2.75, 3.05) is 7.11 Å². The van der Waals surface area contributed by atoms with E-state index < -0.39 is 0 Å². The second-order valence-corrected chi connectivity index (χ2v) is 6.10. The number of aryl methyl sites for hydroxylation is 2. The minimum Gasteiger partial charge on any atom is -0.465 e. The monoisotopic (exact) mass is 323 g/mol. The number of carbonyl (C=O) groups is 2. The van der Waals surface area contributed by atoms with E-state index in [0.717, 1.165) is 24.0 Å². The maximum Gasteiger partial charge on any atom is 0.337 e. The molecular weight excluding hydrogens is 302 g/mol. The van der Waals surface area contributed by atoms with Crippen LogP contribution in [-0.4, -0.2) is 19.0 Å². The fourth-order valence-electron chi connectivity index (χ4n) is 3.06. The summed E-state index contributed by atoms with van der Waals surface area (Å²) >= 11 is 0. The number of esters is 1. The number of hydrogen-bond donors (Lipinski definition) is 1. The average molecular weight is 323 g/mol. The molecular formula is C20H21NO3. The van der Waals surface area contributed by atoms with Crippen molar-refractivity contribution in [1.82, 2.24) is 5.32 Å². The molecule has 124 valence electrons. The van der Waals surface area contributed by atoms with Crippen LogP contribution >= 0.6 is 0 Å². The van der Waals surface area contributed by atoms with Gasteiger partial charge in [0.2, 0.25) is 5.91 Å². The van der Waals surface area contributed by atoms with Gasteiger partial charge in [-0.15, -0.1) is 0 Å². The van der Waals surface area contributed by atoms with Crippen molar-refractivity contribution in [2.45, 2.75) is 32.2 Å². The van der Waals surface area contributed by atoms with E-state index in [-0.39, 0.29) is 11.9 Å². The molecule has 0 unspecified atom stereocenters. The molecule has 0 fully saturated rings. The Morgan fingerprint density at radius 1 is 1.00 bits per heavy atom. The van der Waals surface area contributed by atoms with Gasteiger partial charge in [-0.1, -0.05) is 30.3 Å². The molecule has 2 aromatic carbocycles. The summed E-state index contributed by atoms with van der Waals surface area (Å²) in [6.45, 7) is 0.450. The van der Waals surface area contributed by atoms with Crippen LogP contribution in [0, 0.1) is 0 Å². The van der Waals surface area contributed by atoms with E-state index in [1.54, 1.807) is 12.1 Å². The Morgan fingerprint density at radius 3 is 2.46 bits per heavy atom. The highest BCUT2D eigenvalue weighted by atomic mass is 16.5. The molecule has 1 aliphatic rings. The molecule has 1 N–H and O–H groups in total. The number of amides is 1. The number of rotatable bonds is 5. The number of hydrogen-bond acceptors (Lipinski definition) is 3. The smallest absolute Gasteiger partial charge is 0.337 e. The Kier molecular flexibility index (Phi) is 4.94. The van der Waals surface area contributed by atoms with E-state index in [9.17, 15) is 9.59 Å². The van der Waals surface area contributed by atoms with Crippen LogP contribution < -0.4 is 5.32 Å². The standard InChI is InChI=1S/C20H21NO3/c1-24-20(23)17-9-5-14(6-10-17)13-21-19(22)12-15-7-8-16-3-2-4-18(16)11-15/h5-11H,2-4,12-13H2,1H3,(H,21,22). The number of ether oxygens (including phenoxy) is 1. The van der Waals surface area contributed by atoms with Crippen molar-refractivity contribution in [3.8, 4) is 0 Å². The summed E-state index contributed by atoms with van der Waals surface area (Å²) in [6.07, 6.45) is 3.89. The van der Waals surface area contributed by atoms with Gasteiger partial charge in [-0.05, 0) is 53.6 Å². The van der Waals surface area contributed by atoms with Crippen molar-refractivity contribution in [3.05, 3.63) is 70.3 Å². The maximum absolute atomic E-state index is 12.1. The van der Waals surface area contributed by atoms with Crippen molar-refractivity contribution in [2.24, 2.45) is 0 Å². The van der Waals surface area contributed by atoms with Gasteiger partial charge >= 0.3 is 5.97 Å². The van der Waals surface area contributed by atoms with Gasteiger partial charge < -0.3 is 10.1 Å². The van der Waals surface area contributed by atoms with E-state index in [1.807, 2.05) is 12.1 Å². The Hall–Kier alpha value is -2.62. The molecule has 0 heterocycles. The molecule has 0 spiro atoms. The van der Waals surface area contributed by atoms with Gasteiger partial charge in [0.1, 0.15) is 0 Å². The summed E-state index contributed by atoms with van der Waals surface area (Å²) in [5, 5.41) is 2.92. The highest BCUT2D eigenvalue weighted by molar-refractivity contribution is 5.89. The SMILES string of the molecule is COC(=O)c1ccc(CNC(=O)Cc2ccc3c(c2)CCC3)cc1. The Morgan fingerprint density at radius 2 is 1.71 bits per heavy atom. The Labute approximate surface area is 141 Å². The van der Waals surface area contributed by atoms with Gasteiger partial charge in [-0.3, -0.25) is 4.79 Å². The summed E-state index contributed by atoms with van der Waals surface area (Å²) in [5.41, 5.74) is 5.33. The first-order valence-corrected chi connectivity index (χ1v) is 8.20. The molecule has 1 amide bonds. The van der Waals surface area contributed by atoms with Gasteiger partial charge in [0.05, 0.1) is 19.1 Å². The number of methoxy groups -OCH3 is 1. The van der Waals surface area contributed by atoms with E-state index in [2.05, 4.69) is 28.3 Å². The van der Waals surface area contributed by atoms with Gasteiger partial charge in [-0.25, -0.2) is 4.79 Å². The fourth-order valence-corrected chi connectivity index (χ4v) is 3.06. The lowest BCUT2D eigenvalue weighted by Gasteiger charge is -2.08. The number of nitrogens with one attached hydrogen (secondary N) is 1. The van der Waals surface area contributed by atoms with Crippen LogP contribution in [0.4, 0.5) is 0 Å². The normalized spacial score (nSPS) is 12.5. The third-order valence-electron chi connectivity index (χ3n) is 4.39. The predicted molar refractivity (Wildman–Crippen MR) is 91.8 cm³/mol. The van der Waals surface area contributed by atoms with Crippen LogP contribution in [0.15, 0.2) is 42.5 Å². The fraction of sp³-hybridized carbons (Fsp3) is 0.300. The van der Waals surface area contributed by atoms with Crippen LogP contribution in [0.25, 0.3) is 0 Å². The van der Waals surface area contributed by atoms with E-state index in [0.29, 0.717) is 18.5 Å². The lowest BCUT2D eigenvalue weighted by Crippen LogP contribution is -2.24. The number of fused-ring (bicyclic) bond motifs is 1. The molecule has 4 heteroatoms. The van der Waals surface area contributed by atoms with Crippen LogP contribution in [0.3, 0.4) is 0 Å². The molecule has 24 heavy (non-hydrogen) atoms. The van der Waals surface area contributed by atoms with Crippen molar-refractivity contribution < 1.29 is 14.3 Å². The average Bonchev–Trinajstić information content (AvgIpc) is 3.07. The van der Waals surface area contributed by atoms with E-state index in [4.69, 9.17) is 0 Å². The van der Waals surface area contributed by atoms with Crippen molar-refractivity contribution >= 4 is 11.9 Å². The Bertz CT molecular complexity index is 750. The van der Waals surface area contributed by atoms with E-state index in [1.165, 1.54) is 24.7 Å². The largest absolute Gasteiger partial charge is 0.465 e. The molecule has 0 aliphatic heterocycles. The third kappa shape index (κ3) is 3.82. The second kappa shape index (κ2) is 7.30. The molecule has 0 radical (unpaired) electrons. The topological polar surface area (TPSA) is 55.4 Å². The summed E-state index contributed by atoms with van der Waals surface area (Å²) in [6, 6.07) is 13.4. The number of benzene rings is 2. The lowest BCUT2D eigenvalue weighted by molar-refractivity contribution is -0.120. The molecule has 0 aromatic heterocycles. The zero-order valence-electron chi connectivity index (χ0n) is 13.8. The number of carbonyl (C=O) groups excluding carboxylic acids is 2. The second-order valence-electron chi connectivity index (χ2n) is 6.10. The zero-order chi connectivity index (χ0) is 16.9. The van der Waals surface area contributed by atoms with Gasteiger partial charge in [0.25, 0.3) is 0 Å². The summed E-state index contributed by atoms with van der Waals surface area (Å²) < 4.78 is 4.66. The zero-order valence-corrected chi connectivity index (χ0v) is 13.8. The van der Waals surface area contributed by atoms with Gasteiger partial charge in [0.15, 0.2) is 0 Å². The highest BCUT2D eigenvalue weighted by Crippen LogP contribution is 2.22. The van der Waals surface area contributed by atoms with Crippen molar-refractivity contribution in [3.63, 3.8) is 0 Å². The van der Waals surface area contributed by atoms with Crippen LogP contribution in [0.1, 0.15) is 39.0 Å². The van der Waals surface area contributed by atoms with Crippen LogP contribution in [0.2, 0.25) is 0 Å². The molecule has 3 rings (SSSR count). The predicted octanol–water partition coefficient (Wildman–Crippen LogP) is 2.82. The van der Waals surface area contributed by atoms with Crippen LogP contribution in [0.5, 0.6) is 0 Å². The highest BCUT2D eigenvalue weighted by Gasteiger charge is 2.12. The van der Waals surface area contributed by atoms with Gasteiger partial charge in [-0.2, -0.15) is 0 Å². The summed E-state index contributed by atoms with van der Waals surface area (Å²) in [4.78, 5) is 23.5.